The number of benzene rings is 1. The van der Waals surface area contributed by atoms with E-state index in [1.165, 1.54) is 24.3 Å². The molecule has 8 heteroatoms. The third kappa shape index (κ3) is 2.82. The van der Waals surface area contributed by atoms with Crippen molar-refractivity contribution < 1.29 is 29.7 Å². The molecule has 8 nitrogen and oxygen atoms in total. The molecule has 19 heavy (non-hydrogen) atoms. The van der Waals surface area contributed by atoms with E-state index < -0.39 is 29.5 Å². The lowest BCUT2D eigenvalue weighted by Crippen LogP contribution is -2.54. The molecule has 1 aliphatic heterocycles. The average molecular weight is 271 g/mol. The number of para-hydroxylation sites is 2. The van der Waals surface area contributed by atoms with Crippen LogP contribution in [0, 0.1) is 10.1 Å². The summed E-state index contributed by atoms with van der Waals surface area (Å²) >= 11 is 0. The Hall–Kier alpha value is -1.74. The first-order valence-corrected chi connectivity index (χ1v) is 5.56. The molecule has 0 amide bonds. The molecule has 0 saturated carbocycles. The van der Waals surface area contributed by atoms with Crippen molar-refractivity contribution in [3.63, 3.8) is 0 Å². The number of aliphatic hydroxyl groups is 3. The van der Waals surface area contributed by atoms with Gasteiger partial charge in [-0.2, -0.15) is 0 Å². The molecule has 1 aromatic rings. The lowest BCUT2D eigenvalue weighted by molar-refractivity contribution is -0.386. The first-order chi connectivity index (χ1) is 9.00. The lowest BCUT2D eigenvalue weighted by Gasteiger charge is -2.34. The molecule has 0 spiro atoms. The van der Waals surface area contributed by atoms with E-state index in [4.69, 9.17) is 9.47 Å². The van der Waals surface area contributed by atoms with Crippen LogP contribution in [0.15, 0.2) is 24.3 Å². The van der Waals surface area contributed by atoms with Crippen LogP contribution in [0.3, 0.4) is 0 Å². The van der Waals surface area contributed by atoms with Gasteiger partial charge in [-0.3, -0.25) is 10.1 Å². The van der Waals surface area contributed by atoms with E-state index in [1.54, 1.807) is 0 Å². The van der Waals surface area contributed by atoms with Crippen LogP contribution in [0.1, 0.15) is 0 Å². The molecule has 2 unspecified atom stereocenters. The summed E-state index contributed by atoms with van der Waals surface area (Å²) in [5.74, 6) is -0.0832. The van der Waals surface area contributed by atoms with Gasteiger partial charge in [0.1, 0.15) is 18.3 Å². The summed E-state index contributed by atoms with van der Waals surface area (Å²) in [5, 5.41) is 39.2. The summed E-state index contributed by atoms with van der Waals surface area (Å²) in [6.07, 6.45) is -5.43. The molecule has 2 rings (SSSR count). The summed E-state index contributed by atoms with van der Waals surface area (Å²) in [6.45, 7) is -0.233. The summed E-state index contributed by atoms with van der Waals surface area (Å²) in [6, 6.07) is 5.60. The minimum Gasteiger partial charge on any atom is -0.455 e. The maximum atomic E-state index is 10.8. The Kier molecular flexibility index (Phi) is 3.96. The number of ether oxygens (including phenoxy) is 2. The Morgan fingerprint density at radius 3 is 2.63 bits per heavy atom. The normalized spacial score (nSPS) is 30.9. The molecule has 0 aliphatic carbocycles. The molecule has 0 bridgehead atoms. The molecule has 1 heterocycles. The monoisotopic (exact) mass is 271 g/mol. The van der Waals surface area contributed by atoms with Crippen LogP contribution in [-0.2, 0) is 4.74 Å². The van der Waals surface area contributed by atoms with Gasteiger partial charge >= 0.3 is 5.69 Å². The van der Waals surface area contributed by atoms with Crippen LogP contribution in [0.2, 0.25) is 0 Å². The van der Waals surface area contributed by atoms with Crippen molar-refractivity contribution in [2.75, 3.05) is 6.61 Å². The second-order valence-electron chi connectivity index (χ2n) is 4.09. The number of nitro benzene ring substituents is 1. The number of nitrogens with zero attached hydrogens (tertiary/aromatic N) is 1. The van der Waals surface area contributed by atoms with Gasteiger partial charge in [-0.05, 0) is 6.07 Å². The van der Waals surface area contributed by atoms with Gasteiger partial charge in [0.2, 0.25) is 6.29 Å². The van der Waals surface area contributed by atoms with Crippen molar-refractivity contribution in [2.45, 2.75) is 24.6 Å². The van der Waals surface area contributed by atoms with Crippen molar-refractivity contribution in [2.24, 2.45) is 0 Å². The molecule has 1 aliphatic rings. The van der Waals surface area contributed by atoms with Crippen molar-refractivity contribution >= 4 is 5.69 Å². The molecule has 4 atom stereocenters. The Bertz CT molecular complexity index is 466. The number of rotatable bonds is 3. The van der Waals surface area contributed by atoms with E-state index in [2.05, 4.69) is 0 Å². The van der Waals surface area contributed by atoms with E-state index in [0.717, 1.165) is 0 Å². The zero-order valence-corrected chi connectivity index (χ0v) is 9.75. The highest BCUT2D eigenvalue weighted by atomic mass is 16.7. The van der Waals surface area contributed by atoms with Gasteiger partial charge in [-0.1, -0.05) is 12.1 Å². The molecule has 1 aromatic carbocycles. The Balaban J connectivity index is 2.15. The van der Waals surface area contributed by atoms with Crippen LogP contribution in [0.25, 0.3) is 0 Å². The molecule has 0 radical (unpaired) electrons. The van der Waals surface area contributed by atoms with Gasteiger partial charge in [0.05, 0.1) is 11.5 Å². The highest BCUT2D eigenvalue weighted by Gasteiger charge is 2.39. The highest BCUT2D eigenvalue weighted by Crippen LogP contribution is 2.29. The molecule has 1 fully saturated rings. The number of hydrogen-bond acceptors (Lipinski definition) is 7. The first kappa shape index (κ1) is 13.7. The molecule has 3 N–H and O–H groups in total. The smallest absolute Gasteiger partial charge is 0.311 e. The van der Waals surface area contributed by atoms with Gasteiger partial charge < -0.3 is 24.8 Å². The van der Waals surface area contributed by atoms with E-state index >= 15 is 0 Å². The lowest BCUT2D eigenvalue weighted by atomic mass is 10.1. The van der Waals surface area contributed by atoms with Crippen molar-refractivity contribution in [1.29, 1.82) is 0 Å². The molecule has 104 valence electrons. The van der Waals surface area contributed by atoms with Crippen LogP contribution in [-0.4, -0.2) is 51.5 Å². The van der Waals surface area contributed by atoms with E-state index in [-0.39, 0.29) is 18.0 Å². The molecule has 1 saturated heterocycles. The van der Waals surface area contributed by atoms with Crippen LogP contribution >= 0.6 is 0 Å². The van der Waals surface area contributed by atoms with Crippen molar-refractivity contribution in [1.82, 2.24) is 0 Å². The van der Waals surface area contributed by atoms with E-state index in [1.807, 2.05) is 0 Å². The van der Waals surface area contributed by atoms with Crippen LogP contribution in [0.4, 0.5) is 5.69 Å². The fraction of sp³-hybridized carbons (Fsp3) is 0.455. The topological polar surface area (TPSA) is 122 Å². The van der Waals surface area contributed by atoms with Crippen molar-refractivity contribution in [3.8, 4) is 5.75 Å². The third-order valence-electron chi connectivity index (χ3n) is 2.76. The maximum Gasteiger partial charge on any atom is 0.311 e. The van der Waals surface area contributed by atoms with Gasteiger partial charge in [-0.15, -0.1) is 0 Å². The Morgan fingerprint density at radius 1 is 1.26 bits per heavy atom. The summed E-state index contributed by atoms with van der Waals surface area (Å²) in [4.78, 5) is 10.2. The van der Waals surface area contributed by atoms with E-state index in [9.17, 15) is 25.4 Å². The Morgan fingerprint density at radius 2 is 1.95 bits per heavy atom. The first-order valence-electron chi connectivity index (χ1n) is 5.56. The highest BCUT2D eigenvalue weighted by molar-refractivity contribution is 5.45. The zero-order valence-electron chi connectivity index (χ0n) is 9.75. The summed E-state index contributed by atoms with van der Waals surface area (Å²) in [5.41, 5.74) is -0.279. The number of aliphatic hydroxyl groups excluding tert-OH is 3. The standard InChI is InChI=1S/C11H13NO7/c13-7-5-18-11(10(15)9(7)14)19-8-4-2-1-3-6(8)12(16)17/h1-4,7,9-11,13-15H,5H2/t7-,9?,10?,11+/m1/s1. The third-order valence-corrected chi connectivity index (χ3v) is 2.76. The Labute approximate surface area is 108 Å². The second-order valence-corrected chi connectivity index (χ2v) is 4.09. The number of nitro groups is 1. The van der Waals surface area contributed by atoms with Crippen LogP contribution < -0.4 is 4.74 Å². The van der Waals surface area contributed by atoms with Gasteiger partial charge in [0.25, 0.3) is 0 Å². The second kappa shape index (κ2) is 5.49. The molecular weight excluding hydrogens is 258 g/mol. The average Bonchev–Trinajstić information content (AvgIpc) is 2.40. The SMILES string of the molecule is O=[N+]([O-])c1ccccc1O[C@@H]1OC[C@@H](O)C(O)C1O. The summed E-state index contributed by atoms with van der Waals surface area (Å²) < 4.78 is 10.2. The largest absolute Gasteiger partial charge is 0.455 e. The minimum atomic E-state index is -1.50. The minimum absolute atomic E-state index is 0.0832. The van der Waals surface area contributed by atoms with Crippen molar-refractivity contribution in [3.05, 3.63) is 34.4 Å². The van der Waals surface area contributed by atoms with Gasteiger partial charge in [-0.25, -0.2) is 0 Å². The quantitative estimate of drug-likeness (QED) is 0.496. The van der Waals surface area contributed by atoms with Gasteiger partial charge in [0.15, 0.2) is 5.75 Å². The zero-order chi connectivity index (χ0) is 14.0. The fourth-order valence-electron chi connectivity index (χ4n) is 1.72. The predicted octanol–water partition coefficient (Wildman–Crippen LogP) is -0.587. The molecule has 0 aromatic heterocycles. The van der Waals surface area contributed by atoms with Gasteiger partial charge in [0, 0.05) is 6.07 Å². The van der Waals surface area contributed by atoms with Crippen LogP contribution in [0.5, 0.6) is 5.75 Å². The predicted molar refractivity (Wildman–Crippen MR) is 61.5 cm³/mol. The maximum absolute atomic E-state index is 10.8. The fourth-order valence-corrected chi connectivity index (χ4v) is 1.72. The van der Waals surface area contributed by atoms with E-state index in [0.29, 0.717) is 0 Å². The summed E-state index contributed by atoms with van der Waals surface area (Å²) in [7, 11) is 0. The molecular formula is C11H13NO7. The number of hydrogen-bond donors (Lipinski definition) is 3.